The molecule has 4 aliphatic rings. The van der Waals surface area contributed by atoms with Crippen molar-refractivity contribution >= 4 is 41.0 Å². The number of rotatable bonds is 16. The third-order valence-electron chi connectivity index (χ3n) is 14.1. The quantitative estimate of drug-likeness (QED) is 0.0546. The van der Waals surface area contributed by atoms with Gasteiger partial charge in [-0.2, -0.15) is 13.2 Å². The summed E-state index contributed by atoms with van der Waals surface area (Å²) < 4.78 is 67.4. The number of benzene rings is 5. The van der Waals surface area contributed by atoms with E-state index >= 15 is 0 Å². The third kappa shape index (κ3) is 16.5. The Balaban J connectivity index is 0.000000211. The maximum Gasteiger partial charge on any atom is 0.490 e. The van der Waals surface area contributed by atoms with Crippen LogP contribution in [0.2, 0.25) is 10.0 Å². The van der Waals surface area contributed by atoms with Gasteiger partial charge in [-0.25, -0.2) is 4.79 Å². The van der Waals surface area contributed by atoms with Crippen molar-refractivity contribution in [2.75, 3.05) is 73.7 Å². The fourth-order valence-corrected chi connectivity index (χ4v) is 10.4. The van der Waals surface area contributed by atoms with Crippen LogP contribution in [0.4, 0.5) is 13.2 Å². The lowest BCUT2D eigenvalue weighted by Crippen LogP contribution is -2.52. The number of fused-ring (bicyclic) bond motifs is 2. The van der Waals surface area contributed by atoms with Gasteiger partial charge < -0.3 is 69.3 Å². The fourth-order valence-electron chi connectivity index (χ4n) is 10.00. The molecule has 2 saturated heterocycles. The Hall–Kier alpha value is -6.68. The summed E-state index contributed by atoms with van der Waals surface area (Å²) in [7, 11) is 4.72. The van der Waals surface area contributed by atoms with Crippen LogP contribution in [0.15, 0.2) is 97.1 Å². The molecule has 5 aromatic rings. The van der Waals surface area contributed by atoms with Crippen LogP contribution in [0.5, 0.6) is 40.2 Å². The number of amides is 2. The first kappa shape index (κ1) is 61.0. The van der Waals surface area contributed by atoms with Crippen molar-refractivity contribution in [3.8, 4) is 40.2 Å². The van der Waals surface area contributed by atoms with E-state index in [1.165, 1.54) is 25.2 Å². The Morgan fingerprint density at radius 1 is 0.637 bits per heavy atom. The van der Waals surface area contributed by atoms with Crippen molar-refractivity contribution in [1.29, 1.82) is 0 Å². The van der Waals surface area contributed by atoms with Crippen molar-refractivity contribution in [3.63, 3.8) is 0 Å². The molecule has 2 amide bonds. The zero-order valence-corrected chi connectivity index (χ0v) is 46.6. The highest BCUT2D eigenvalue weighted by atomic mass is 35.5. The molecular weight excluding hydrogens is 1090 g/mol. The molecule has 2 unspecified atom stereocenters. The number of phenolic OH excluding ortho intramolecular Hbond substituents is 1. The second kappa shape index (κ2) is 25.8. The zero-order valence-electron chi connectivity index (χ0n) is 45.1. The lowest BCUT2D eigenvalue weighted by Gasteiger charge is -2.41. The van der Waals surface area contributed by atoms with Crippen LogP contribution in [0.1, 0.15) is 76.9 Å². The van der Waals surface area contributed by atoms with E-state index < -0.39 is 23.3 Å². The summed E-state index contributed by atoms with van der Waals surface area (Å²) in [5.41, 5.74) is 1.29. The highest BCUT2D eigenvalue weighted by molar-refractivity contribution is 6.31. The number of hydrogen-bond donors (Lipinski definition) is 6. The fraction of sp³-hybridized carbons (Fsp3) is 0.431. The lowest BCUT2D eigenvalue weighted by molar-refractivity contribution is -0.192. The molecule has 4 aliphatic heterocycles. The minimum atomic E-state index is -5.08. The van der Waals surface area contributed by atoms with E-state index in [9.17, 15) is 38.1 Å². The second-order valence-corrected chi connectivity index (χ2v) is 21.9. The number of carboxylic acid groups (broad SMARTS) is 1. The Morgan fingerprint density at radius 2 is 1.06 bits per heavy atom. The van der Waals surface area contributed by atoms with Gasteiger partial charge >= 0.3 is 12.1 Å². The molecule has 0 radical (unpaired) electrons. The number of aliphatic carboxylic acids is 1. The van der Waals surface area contributed by atoms with Gasteiger partial charge in [-0.05, 0) is 103 Å². The van der Waals surface area contributed by atoms with Crippen molar-refractivity contribution in [2.24, 2.45) is 0 Å². The number of β-amino-alcohol motifs (C(OH)–C–C–N with tert-alkyl or cyclic N) is 2. The predicted octanol–water partition coefficient (Wildman–Crippen LogP) is 8.52. The van der Waals surface area contributed by atoms with Gasteiger partial charge in [0.05, 0.1) is 18.2 Å². The monoisotopic (exact) mass is 1150 g/mol. The molecule has 0 aliphatic carbocycles. The molecule has 2 atom stereocenters. The van der Waals surface area contributed by atoms with Crippen LogP contribution in [-0.2, 0) is 24.2 Å². The average Bonchev–Trinajstić information content (AvgIpc) is 3.97. The number of carboxylic acids is 1. The van der Waals surface area contributed by atoms with Gasteiger partial charge in [0.25, 0.3) is 11.8 Å². The highest BCUT2D eigenvalue weighted by Crippen LogP contribution is 2.44. The van der Waals surface area contributed by atoms with Gasteiger partial charge in [-0.15, -0.1) is 0 Å². The first-order valence-corrected chi connectivity index (χ1v) is 26.6. The average molecular weight is 1160 g/mol. The minimum Gasteiger partial charge on any atom is -0.508 e. The predicted molar refractivity (Wildman–Crippen MR) is 293 cm³/mol. The Morgan fingerprint density at radius 3 is 1.49 bits per heavy atom. The number of aliphatic hydroxyl groups is 2. The van der Waals surface area contributed by atoms with Crippen molar-refractivity contribution in [3.05, 3.63) is 135 Å². The van der Waals surface area contributed by atoms with E-state index in [1.54, 1.807) is 46.2 Å². The summed E-state index contributed by atoms with van der Waals surface area (Å²) in [5.74, 6) is 0.401. The van der Waals surface area contributed by atoms with Crippen LogP contribution < -0.4 is 39.1 Å². The maximum absolute atomic E-state index is 12.5. The van der Waals surface area contributed by atoms with Crippen LogP contribution in [-0.4, -0.2) is 150 Å². The van der Waals surface area contributed by atoms with E-state index in [0.29, 0.717) is 42.3 Å². The molecule has 0 bridgehead atoms. The van der Waals surface area contributed by atoms with Gasteiger partial charge in [0, 0.05) is 114 Å². The first-order valence-electron chi connectivity index (χ1n) is 25.9. The largest absolute Gasteiger partial charge is 0.508 e. The number of nitrogens with one attached hydrogen (secondary N) is 2. The summed E-state index contributed by atoms with van der Waals surface area (Å²) in [4.78, 5) is 37.9. The molecule has 4 heterocycles. The number of methoxy groups -OCH3 is 1. The zero-order chi connectivity index (χ0) is 58.0. The number of piperidine rings is 2. The maximum atomic E-state index is 12.5. The van der Waals surface area contributed by atoms with E-state index in [1.807, 2.05) is 60.7 Å². The summed E-state index contributed by atoms with van der Waals surface area (Å²) in [5, 5.41) is 45.7. The van der Waals surface area contributed by atoms with Crippen LogP contribution in [0.3, 0.4) is 0 Å². The molecule has 0 saturated carbocycles. The Labute approximate surface area is 472 Å². The summed E-state index contributed by atoms with van der Waals surface area (Å²) >= 11 is 12.3. The number of ether oxygens (including phenoxy) is 6. The molecule has 2 fully saturated rings. The highest BCUT2D eigenvalue weighted by Gasteiger charge is 2.45. The second-order valence-electron chi connectivity index (χ2n) is 21.0. The SMILES string of the molecule is CNC(=O)c1ccc(O)cc1OCC(C)(O)CN1CCC2(CC1)Cc1cc(Cl)ccc1O2.CNC(=O)c1ccc(OCc2ccc(OC)cc2)cc1OCC(C)(O)CN1CCC2(CC1)Cc1cc(Cl)ccc1O2.O=C(O)C(F)(F)F. The molecule has 5 aromatic carbocycles. The minimum absolute atomic E-state index is 0.00697. The van der Waals surface area contributed by atoms with E-state index in [2.05, 4.69) is 20.4 Å². The molecule has 6 N–H and O–H groups in total. The van der Waals surface area contributed by atoms with Gasteiger partial charge in [-0.1, -0.05) is 35.3 Å². The molecule has 80 heavy (non-hydrogen) atoms. The number of hydrogen-bond acceptors (Lipinski definition) is 14. The number of carbonyl (C=O) groups excluding carboxylic acids is 2. The first-order chi connectivity index (χ1) is 37.8. The normalized spacial score (nSPS) is 17.5. The number of aromatic hydroxyl groups is 1. The molecule has 22 heteroatoms. The van der Waals surface area contributed by atoms with Crippen molar-refractivity contribution in [1.82, 2.24) is 20.4 Å². The van der Waals surface area contributed by atoms with Crippen molar-refractivity contribution < 1.29 is 76.4 Å². The van der Waals surface area contributed by atoms with Gasteiger partial charge in [0.15, 0.2) is 0 Å². The number of carbonyl (C=O) groups is 3. The standard InChI is InChI=1S/C32H37ClN2O6.C24H29ClN2O5.C2HF3O2/c1-31(37,20-35-14-12-32(13-15-35)18-23-16-24(33)6-11-28(23)41-32)21-40-29-17-26(9-10-27(29)30(36)34-2)39-19-22-4-7-25(38-3)8-5-22;1-23(30,15-31-21-12-18(28)4-5-19(21)22(29)26-2)14-27-9-7-24(8-10-27)13-16-11-17(25)3-6-20(16)32-24;3-2(4,5)1(6)7/h4-11,16-17,37H,12-15,18-21H2,1-3H3,(H,34,36);3-6,11-12,28,30H,7-10,13-15H2,1-2H3,(H,26,29);(H,6,7). The molecule has 432 valence electrons. The van der Waals surface area contributed by atoms with Crippen molar-refractivity contribution in [2.45, 2.75) is 87.6 Å². The van der Waals surface area contributed by atoms with E-state index in [0.717, 1.165) is 109 Å². The summed E-state index contributed by atoms with van der Waals surface area (Å²) in [6.07, 6.45) is 0.0912. The van der Waals surface area contributed by atoms with Gasteiger partial charge in [0.2, 0.25) is 0 Å². The molecule has 0 aromatic heterocycles. The van der Waals surface area contributed by atoms with Gasteiger partial charge in [0.1, 0.15) is 82.5 Å². The van der Waals surface area contributed by atoms with Crippen LogP contribution in [0.25, 0.3) is 0 Å². The number of nitrogens with zero attached hydrogens (tertiary/aromatic N) is 2. The number of halogens is 5. The Kier molecular flexibility index (Phi) is 19.7. The molecule has 2 spiro atoms. The lowest BCUT2D eigenvalue weighted by atomic mass is 9.86. The Bertz CT molecular complexity index is 2970. The molecular formula is C58H67Cl2F3N4O13. The topological polar surface area (TPSA) is 218 Å². The molecule has 17 nitrogen and oxygen atoms in total. The third-order valence-corrected chi connectivity index (χ3v) is 14.6. The smallest absolute Gasteiger partial charge is 0.490 e. The number of phenols is 1. The van der Waals surface area contributed by atoms with E-state index in [4.69, 9.17) is 61.5 Å². The number of alkyl halides is 3. The van der Waals surface area contributed by atoms with Gasteiger partial charge in [-0.3, -0.25) is 9.59 Å². The summed E-state index contributed by atoms with van der Waals surface area (Å²) in [6.45, 7) is 7.88. The van der Waals surface area contributed by atoms with Crippen LogP contribution in [0, 0.1) is 0 Å². The van der Waals surface area contributed by atoms with Crippen LogP contribution >= 0.6 is 23.2 Å². The summed E-state index contributed by atoms with van der Waals surface area (Å²) in [6, 6.07) is 28.6. The molecule has 9 rings (SSSR count). The van der Waals surface area contributed by atoms with E-state index in [-0.39, 0.29) is 47.7 Å². The number of likely N-dealkylation sites (tertiary alicyclic amines) is 2.